The van der Waals surface area contributed by atoms with Crippen molar-refractivity contribution < 1.29 is 9.59 Å². The molecule has 1 aliphatic rings. The minimum Gasteiger partial charge on any atom is -0.318 e. The molecule has 0 bridgehead atoms. The second-order valence-corrected chi connectivity index (χ2v) is 3.47. The van der Waals surface area contributed by atoms with Gasteiger partial charge in [-0.2, -0.15) is 0 Å². The van der Waals surface area contributed by atoms with Crippen LogP contribution in [0, 0.1) is 0 Å². The predicted molar refractivity (Wildman–Crippen MR) is 52.9 cm³/mol. The highest BCUT2D eigenvalue weighted by Gasteiger charge is 2.37. The van der Waals surface area contributed by atoms with Crippen molar-refractivity contribution in [3.63, 3.8) is 0 Å². The first-order valence-electron chi connectivity index (χ1n) is 4.87. The van der Waals surface area contributed by atoms with Crippen LogP contribution in [0.2, 0.25) is 0 Å². The minimum atomic E-state index is -0.166. The number of rotatable bonds is 4. The monoisotopic (exact) mass is 199 g/mol. The standard InChI is InChI=1S/C9H17N3O2/c1-4-11-6-8(13)12(9(11)14)7(2)5-10-3/h7,10H,4-6H2,1-3H3. The Kier molecular flexibility index (Phi) is 3.46. The van der Waals surface area contributed by atoms with E-state index in [1.54, 1.807) is 11.9 Å². The molecule has 1 saturated heterocycles. The summed E-state index contributed by atoms with van der Waals surface area (Å²) in [5, 5.41) is 2.95. The van der Waals surface area contributed by atoms with Crippen LogP contribution in [0.15, 0.2) is 0 Å². The quantitative estimate of drug-likeness (QED) is 0.642. The van der Waals surface area contributed by atoms with Crippen molar-refractivity contribution in [3.8, 4) is 0 Å². The molecule has 3 amide bonds. The molecule has 1 atom stereocenters. The summed E-state index contributed by atoms with van der Waals surface area (Å²) >= 11 is 0. The van der Waals surface area contributed by atoms with Crippen molar-refractivity contribution in [2.45, 2.75) is 19.9 Å². The van der Waals surface area contributed by atoms with Gasteiger partial charge >= 0.3 is 6.03 Å². The van der Waals surface area contributed by atoms with Gasteiger partial charge < -0.3 is 10.2 Å². The lowest BCUT2D eigenvalue weighted by atomic mass is 10.3. The number of carbonyl (C=O) groups is 2. The van der Waals surface area contributed by atoms with Gasteiger partial charge in [-0.25, -0.2) is 4.79 Å². The van der Waals surface area contributed by atoms with Crippen molar-refractivity contribution in [1.29, 1.82) is 0 Å². The molecule has 0 saturated carbocycles. The number of likely N-dealkylation sites (N-methyl/N-ethyl adjacent to an activating group) is 2. The van der Waals surface area contributed by atoms with Crippen molar-refractivity contribution in [1.82, 2.24) is 15.1 Å². The second kappa shape index (κ2) is 4.41. The molecule has 1 unspecified atom stereocenters. The molecule has 14 heavy (non-hydrogen) atoms. The fourth-order valence-corrected chi connectivity index (χ4v) is 1.63. The van der Waals surface area contributed by atoms with E-state index in [0.29, 0.717) is 13.1 Å². The lowest BCUT2D eigenvalue weighted by Crippen LogP contribution is -2.44. The van der Waals surface area contributed by atoms with E-state index in [-0.39, 0.29) is 24.5 Å². The maximum absolute atomic E-state index is 11.7. The molecule has 1 aliphatic heterocycles. The summed E-state index contributed by atoms with van der Waals surface area (Å²) in [5.74, 6) is -0.0976. The van der Waals surface area contributed by atoms with Gasteiger partial charge in [0, 0.05) is 13.1 Å². The Morgan fingerprint density at radius 3 is 2.57 bits per heavy atom. The number of urea groups is 1. The molecular weight excluding hydrogens is 182 g/mol. The summed E-state index contributed by atoms with van der Waals surface area (Å²) in [6, 6.07) is -0.239. The molecular formula is C9H17N3O2. The Hall–Kier alpha value is -1.10. The van der Waals surface area contributed by atoms with Crippen LogP contribution in [0.4, 0.5) is 4.79 Å². The molecule has 1 heterocycles. The maximum atomic E-state index is 11.7. The zero-order valence-electron chi connectivity index (χ0n) is 8.91. The van der Waals surface area contributed by atoms with Crippen LogP contribution >= 0.6 is 0 Å². The second-order valence-electron chi connectivity index (χ2n) is 3.47. The summed E-state index contributed by atoms with van der Waals surface area (Å²) in [6.07, 6.45) is 0. The summed E-state index contributed by atoms with van der Waals surface area (Å²) in [6.45, 7) is 5.19. The van der Waals surface area contributed by atoms with Crippen LogP contribution in [0.1, 0.15) is 13.8 Å². The van der Waals surface area contributed by atoms with E-state index < -0.39 is 0 Å². The van der Waals surface area contributed by atoms with E-state index >= 15 is 0 Å². The number of nitrogens with one attached hydrogen (secondary N) is 1. The van der Waals surface area contributed by atoms with Crippen LogP contribution in [0.3, 0.4) is 0 Å². The van der Waals surface area contributed by atoms with Gasteiger partial charge in [-0.05, 0) is 20.9 Å². The number of nitrogens with zero attached hydrogens (tertiary/aromatic N) is 2. The van der Waals surface area contributed by atoms with Crippen molar-refractivity contribution in [2.75, 3.05) is 26.7 Å². The van der Waals surface area contributed by atoms with E-state index in [1.165, 1.54) is 4.90 Å². The smallest absolute Gasteiger partial charge is 0.318 e. The molecule has 0 spiro atoms. The minimum absolute atomic E-state index is 0.0726. The van der Waals surface area contributed by atoms with E-state index in [9.17, 15) is 9.59 Å². The third kappa shape index (κ3) is 1.87. The van der Waals surface area contributed by atoms with Gasteiger partial charge in [-0.15, -0.1) is 0 Å². The molecule has 5 heteroatoms. The zero-order valence-corrected chi connectivity index (χ0v) is 8.91. The highest BCUT2D eigenvalue weighted by atomic mass is 16.2. The molecule has 80 valence electrons. The summed E-state index contributed by atoms with van der Waals surface area (Å²) in [7, 11) is 1.80. The third-order valence-corrected chi connectivity index (χ3v) is 2.39. The average Bonchev–Trinajstić information content (AvgIpc) is 2.41. The molecule has 1 fully saturated rings. The molecule has 5 nitrogen and oxygen atoms in total. The average molecular weight is 199 g/mol. The van der Waals surface area contributed by atoms with Crippen LogP contribution in [-0.4, -0.2) is 54.5 Å². The van der Waals surface area contributed by atoms with E-state index in [2.05, 4.69) is 5.32 Å². The topological polar surface area (TPSA) is 52.7 Å². The number of imide groups is 1. The Bertz CT molecular complexity index is 242. The third-order valence-electron chi connectivity index (χ3n) is 2.39. The zero-order chi connectivity index (χ0) is 10.7. The molecule has 0 aromatic rings. The number of carbonyl (C=O) groups excluding carboxylic acids is 2. The van der Waals surface area contributed by atoms with Crippen molar-refractivity contribution >= 4 is 11.9 Å². The molecule has 0 aromatic heterocycles. The van der Waals surface area contributed by atoms with Gasteiger partial charge in [0.2, 0.25) is 0 Å². The Morgan fingerprint density at radius 1 is 1.50 bits per heavy atom. The van der Waals surface area contributed by atoms with E-state index in [0.717, 1.165) is 0 Å². The fraction of sp³-hybridized carbons (Fsp3) is 0.778. The van der Waals surface area contributed by atoms with Crippen molar-refractivity contribution in [2.24, 2.45) is 0 Å². The SMILES string of the molecule is CCN1CC(=O)N(C(C)CNC)C1=O. The molecule has 1 N–H and O–H groups in total. The van der Waals surface area contributed by atoms with E-state index in [4.69, 9.17) is 0 Å². The number of hydrogen-bond acceptors (Lipinski definition) is 3. The van der Waals surface area contributed by atoms with Gasteiger partial charge in [0.25, 0.3) is 5.91 Å². The van der Waals surface area contributed by atoms with Crippen LogP contribution in [-0.2, 0) is 4.79 Å². The molecule has 1 rings (SSSR count). The summed E-state index contributed by atoms with van der Waals surface area (Å²) < 4.78 is 0. The normalized spacial score (nSPS) is 19.4. The highest BCUT2D eigenvalue weighted by Crippen LogP contribution is 2.12. The predicted octanol–water partition coefficient (Wildman–Crippen LogP) is -0.122. The molecule has 0 radical (unpaired) electrons. The van der Waals surface area contributed by atoms with Crippen molar-refractivity contribution in [3.05, 3.63) is 0 Å². The fourth-order valence-electron chi connectivity index (χ4n) is 1.63. The molecule has 0 aromatic carbocycles. The highest BCUT2D eigenvalue weighted by molar-refractivity contribution is 6.02. The Balaban J connectivity index is 2.69. The first kappa shape index (κ1) is 11.0. The largest absolute Gasteiger partial charge is 0.327 e. The summed E-state index contributed by atoms with van der Waals surface area (Å²) in [5.41, 5.74) is 0. The molecule has 0 aliphatic carbocycles. The lowest BCUT2D eigenvalue weighted by molar-refractivity contribution is -0.126. The van der Waals surface area contributed by atoms with Crippen LogP contribution in [0.5, 0.6) is 0 Å². The van der Waals surface area contributed by atoms with Gasteiger partial charge in [-0.3, -0.25) is 9.69 Å². The summed E-state index contributed by atoms with van der Waals surface area (Å²) in [4.78, 5) is 26.1. The van der Waals surface area contributed by atoms with E-state index in [1.807, 2.05) is 13.8 Å². The van der Waals surface area contributed by atoms with Crippen LogP contribution in [0.25, 0.3) is 0 Å². The maximum Gasteiger partial charge on any atom is 0.327 e. The van der Waals surface area contributed by atoms with Gasteiger partial charge in [0.15, 0.2) is 0 Å². The number of hydrogen-bond donors (Lipinski definition) is 1. The number of amides is 3. The van der Waals surface area contributed by atoms with Gasteiger partial charge in [0.05, 0.1) is 6.04 Å². The Morgan fingerprint density at radius 2 is 2.14 bits per heavy atom. The van der Waals surface area contributed by atoms with Gasteiger partial charge in [0.1, 0.15) is 6.54 Å². The lowest BCUT2D eigenvalue weighted by Gasteiger charge is -2.22. The van der Waals surface area contributed by atoms with Gasteiger partial charge in [-0.1, -0.05) is 0 Å². The first-order valence-corrected chi connectivity index (χ1v) is 4.87. The first-order chi connectivity index (χ1) is 6.61. The Labute approximate surface area is 84.0 Å². The van der Waals surface area contributed by atoms with Crippen LogP contribution < -0.4 is 5.32 Å².